The first kappa shape index (κ1) is 22.3. The van der Waals surface area contributed by atoms with E-state index in [4.69, 9.17) is 4.74 Å². The molecular formula is C23H23BrN4O3. The lowest BCUT2D eigenvalue weighted by molar-refractivity contribution is -0.119. The maximum atomic E-state index is 12.0. The number of esters is 1. The molecule has 7 nitrogen and oxygen atoms in total. The normalized spacial score (nSPS) is 10.8. The number of hydrogen-bond donors (Lipinski definition) is 2. The number of nitrogens with zero attached hydrogens (tertiary/aromatic N) is 2. The van der Waals surface area contributed by atoms with Crippen molar-refractivity contribution < 1.29 is 14.3 Å². The Bertz CT molecular complexity index is 1120. The number of nitrogens with one attached hydrogen (secondary N) is 2. The fraction of sp³-hybridized carbons (Fsp3) is 0.174. The SMILES string of the molecule is COC(=O)c1cccc(-n2c(C)cc(/C=N\NC(=O)CNc3ccc(Br)cc3)c2C)c1. The smallest absolute Gasteiger partial charge is 0.337 e. The number of hydrazone groups is 1. The second-order valence-electron chi connectivity index (χ2n) is 6.86. The van der Waals surface area contributed by atoms with Gasteiger partial charge in [-0.05, 0) is 62.4 Å². The number of anilines is 1. The molecule has 0 bridgehead atoms. The number of aryl methyl sites for hydroxylation is 1. The van der Waals surface area contributed by atoms with Crippen molar-refractivity contribution in [2.24, 2.45) is 5.10 Å². The van der Waals surface area contributed by atoms with Crippen molar-refractivity contribution in [3.8, 4) is 5.69 Å². The highest BCUT2D eigenvalue weighted by molar-refractivity contribution is 9.10. The highest BCUT2D eigenvalue weighted by atomic mass is 79.9. The number of carbonyl (C=O) groups excluding carboxylic acids is 2. The van der Waals surface area contributed by atoms with Gasteiger partial charge in [-0.3, -0.25) is 4.79 Å². The van der Waals surface area contributed by atoms with Crippen LogP contribution < -0.4 is 10.7 Å². The van der Waals surface area contributed by atoms with E-state index in [0.29, 0.717) is 5.56 Å². The van der Waals surface area contributed by atoms with E-state index in [1.54, 1.807) is 18.3 Å². The molecule has 0 saturated heterocycles. The second-order valence-corrected chi connectivity index (χ2v) is 7.77. The van der Waals surface area contributed by atoms with Crippen LogP contribution in [0.3, 0.4) is 0 Å². The van der Waals surface area contributed by atoms with E-state index >= 15 is 0 Å². The molecule has 0 fully saturated rings. The standard InChI is InChI=1S/C23H23BrN4O3/c1-15-11-18(13-26-27-22(29)14-25-20-9-7-19(24)8-10-20)16(2)28(15)21-6-4-5-17(12-21)23(30)31-3/h4-13,25H,14H2,1-3H3,(H,27,29)/b26-13-. The zero-order chi connectivity index (χ0) is 22.4. The van der Waals surface area contributed by atoms with Crippen LogP contribution in [0.2, 0.25) is 0 Å². The number of amides is 1. The Morgan fingerprint density at radius 3 is 2.58 bits per heavy atom. The number of ether oxygens (including phenoxy) is 1. The maximum Gasteiger partial charge on any atom is 0.337 e. The molecule has 0 radical (unpaired) electrons. The van der Waals surface area contributed by atoms with Crippen LogP contribution in [0.15, 0.2) is 64.2 Å². The van der Waals surface area contributed by atoms with Gasteiger partial charge in [-0.15, -0.1) is 0 Å². The van der Waals surface area contributed by atoms with Crippen molar-refractivity contribution in [3.05, 3.63) is 81.6 Å². The summed E-state index contributed by atoms with van der Waals surface area (Å²) < 4.78 is 7.80. The fourth-order valence-corrected chi connectivity index (χ4v) is 3.43. The zero-order valence-electron chi connectivity index (χ0n) is 17.5. The van der Waals surface area contributed by atoms with Crippen molar-refractivity contribution in [2.45, 2.75) is 13.8 Å². The van der Waals surface area contributed by atoms with Gasteiger partial charge in [-0.2, -0.15) is 5.10 Å². The number of methoxy groups -OCH3 is 1. The van der Waals surface area contributed by atoms with Gasteiger partial charge in [0.25, 0.3) is 5.91 Å². The molecule has 0 aliphatic heterocycles. The first-order valence-corrected chi connectivity index (χ1v) is 10.4. The third-order valence-electron chi connectivity index (χ3n) is 4.69. The van der Waals surface area contributed by atoms with Gasteiger partial charge in [-0.1, -0.05) is 22.0 Å². The van der Waals surface area contributed by atoms with E-state index in [1.165, 1.54) is 7.11 Å². The number of aromatic nitrogens is 1. The van der Waals surface area contributed by atoms with Gasteiger partial charge in [0.1, 0.15) is 0 Å². The molecule has 3 rings (SSSR count). The Labute approximate surface area is 189 Å². The molecule has 1 aromatic heterocycles. The molecule has 0 saturated carbocycles. The molecule has 31 heavy (non-hydrogen) atoms. The maximum absolute atomic E-state index is 12.0. The van der Waals surface area contributed by atoms with Crippen molar-refractivity contribution >= 4 is 39.7 Å². The Morgan fingerprint density at radius 1 is 1.13 bits per heavy atom. The molecule has 0 aliphatic carbocycles. The summed E-state index contributed by atoms with van der Waals surface area (Å²) in [5, 5.41) is 7.11. The summed E-state index contributed by atoms with van der Waals surface area (Å²) in [4.78, 5) is 23.9. The number of rotatable bonds is 7. The Morgan fingerprint density at radius 2 is 1.87 bits per heavy atom. The Hall–Kier alpha value is -3.39. The topological polar surface area (TPSA) is 84.7 Å². The zero-order valence-corrected chi connectivity index (χ0v) is 19.1. The summed E-state index contributed by atoms with van der Waals surface area (Å²) in [6, 6.07) is 16.7. The van der Waals surface area contributed by atoms with E-state index < -0.39 is 0 Å². The molecule has 8 heteroatoms. The van der Waals surface area contributed by atoms with Crippen LogP contribution >= 0.6 is 15.9 Å². The minimum Gasteiger partial charge on any atom is -0.465 e. The number of benzene rings is 2. The van der Waals surface area contributed by atoms with Gasteiger partial charge in [-0.25, -0.2) is 10.2 Å². The summed E-state index contributed by atoms with van der Waals surface area (Å²) in [6.45, 7) is 4.03. The van der Waals surface area contributed by atoms with Gasteiger partial charge in [0.05, 0.1) is 25.4 Å². The summed E-state index contributed by atoms with van der Waals surface area (Å²) in [5.74, 6) is -0.635. The first-order valence-electron chi connectivity index (χ1n) is 9.58. The van der Waals surface area contributed by atoms with Crippen molar-refractivity contribution in [3.63, 3.8) is 0 Å². The largest absolute Gasteiger partial charge is 0.465 e. The summed E-state index contributed by atoms with van der Waals surface area (Å²) in [5.41, 5.74) is 7.48. The van der Waals surface area contributed by atoms with Crippen LogP contribution in [-0.4, -0.2) is 36.3 Å². The van der Waals surface area contributed by atoms with Gasteiger partial charge in [0.15, 0.2) is 0 Å². The Balaban J connectivity index is 1.66. The molecular weight excluding hydrogens is 460 g/mol. The van der Waals surface area contributed by atoms with E-state index in [9.17, 15) is 9.59 Å². The molecule has 0 aliphatic rings. The molecule has 0 unspecified atom stereocenters. The van der Waals surface area contributed by atoms with Crippen LogP contribution in [0.4, 0.5) is 5.69 Å². The molecule has 1 heterocycles. The third kappa shape index (κ3) is 5.61. The molecule has 2 N–H and O–H groups in total. The van der Waals surface area contributed by atoms with E-state index in [-0.39, 0.29) is 18.4 Å². The lowest BCUT2D eigenvalue weighted by Crippen LogP contribution is -2.25. The number of carbonyl (C=O) groups is 2. The molecule has 2 aromatic carbocycles. The first-order chi connectivity index (χ1) is 14.9. The van der Waals surface area contributed by atoms with Crippen LogP contribution in [0, 0.1) is 13.8 Å². The highest BCUT2D eigenvalue weighted by Gasteiger charge is 2.12. The predicted molar refractivity (Wildman–Crippen MR) is 125 cm³/mol. The summed E-state index contributed by atoms with van der Waals surface area (Å²) in [7, 11) is 1.36. The van der Waals surface area contributed by atoms with Crippen LogP contribution in [-0.2, 0) is 9.53 Å². The Kier molecular flexibility index (Phi) is 7.25. The molecule has 0 spiro atoms. The summed E-state index contributed by atoms with van der Waals surface area (Å²) in [6.07, 6.45) is 1.61. The van der Waals surface area contributed by atoms with E-state index in [0.717, 1.165) is 32.8 Å². The predicted octanol–water partition coefficient (Wildman–Crippen LogP) is 4.21. The third-order valence-corrected chi connectivity index (χ3v) is 5.21. The molecule has 0 atom stereocenters. The van der Waals surface area contributed by atoms with Crippen molar-refractivity contribution in [1.82, 2.24) is 9.99 Å². The number of halogens is 1. The van der Waals surface area contributed by atoms with E-state index in [1.807, 2.05) is 60.9 Å². The minimum absolute atomic E-state index is 0.109. The fourth-order valence-electron chi connectivity index (χ4n) is 3.17. The lowest BCUT2D eigenvalue weighted by Gasteiger charge is -2.11. The highest BCUT2D eigenvalue weighted by Crippen LogP contribution is 2.21. The van der Waals surface area contributed by atoms with Gasteiger partial charge in [0, 0.05) is 32.8 Å². The van der Waals surface area contributed by atoms with Gasteiger partial charge >= 0.3 is 5.97 Å². The second kappa shape index (κ2) is 10.1. The van der Waals surface area contributed by atoms with Crippen molar-refractivity contribution in [1.29, 1.82) is 0 Å². The van der Waals surface area contributed by atoms with Gasteiger partial charge in [0.2, 0.25) is 0 Å². The number of hydrogen-bond acceptors (Lipinski definition) is 5. The van der Waals surface area contributed by atoms with E-state index in [2.05, 4.69) is 31.8 Å². The minimum atomic E-state index is -0.384. The van der Waals surface area contributed by atoms with Gasteiger partial charge < -0.3 is 14.6 Å². The van der Waals surface area contributed by atoms with Crippen molar-refractivity contribution in [2.75, 3.05) is 19.0 Å². The quantitative estimate of drug-likeness (QED) is 0.300. The average Bonchev–Trinajstić information content (AvgIpc) is 3.05. The molecule has 1 amide bonds. The van der Waals surface area contributed by atoms with Crippen LogP contribution in [0.1, 0.15) is 27.3 Å². The monoisotopic (exact) mass is 482 g/mol. The van der Waals surface area contributed by atoms with Crippen LogP contribution in [0.25, 0.3) is 5.69 Å². The molecule has 3 aromatic rings. The van der Waals surface area contributed by atoms with Crippen LogP contribution in [0.5, 0.6) is 0 Å². The summed E-state index contributed by atoms with van der Waals surface area (Å²) >= 11 is 3.37. The lowest BCUT2D eigenvalue weighted by atomic mass is 10.2. The average molecular weight is 483 g/mol. The molecule has 160 valence electrons.